The number of hydrogen-bond donors (Lipinski definition) is 1. The van der Waals surface area contributed by atoms with Gasteiger partial charge in [-0.3, -0.25) is 4.79 Å². The molecule has 1 amide bonds. The number of aryl methyl sites for hydroxylation is 1. The first-order valence-electron chi connectivity index (χ1n) is 8.25. The number of benzene rings is 2. The van der Waals surface area contributed by atoms with Gasteiger partial charge in [0.05, 0.1) is 24.9 Å². The van der Waals surface area contributed by atoms with Crippen LogP contribution in [-0.2, 0) is 17.5 Å². The quantitative estimate of drug-likeness (QED) is 0.697. The number of tetrazole rings is 1. The predicted molar refractivity (Wildman–Crippen MR) is 94.5 cm³/mol. The van der Waals surface area contributed by atoms with Gasteiger partial charge in [-0.05, 0) is 29.5 Å². The smallest absolute Gasteiger partial charge is 0.416 e. The summed E-state index contributed by atoms with van der Waals surface area (Å²) in [7, 11) is 1.50. The topological polar surface area (TPSA) is 81.9 Å². The van der Waals surface area contributed by atoms with E-state index < -0.39 is 11.7 Å². The molecule has 10 heteroatoms. The first-order valence-corrected chi connectivity index (χ1v) is 8.25. The van der Waals surface area contributed by atoms with Crippen molar-refractivity contribution in [1.82, 2.24) is 20.2 Å². The molecule has 0 spiro atoms. The lowest BCUT2D eigenvalue weighted by Crippen LogP contribution is -2.16. The Morgan fingerprint density at radius 3 is 2.71 bits per heavy atom. The zero-order valence-electron chi connectivity index (χ0n) is 14.8. The molecule has 28 heavy (non-hydrogen) atoms. The van der Waals surface area contributed by atoms with E-state index in [0.717, 1.165) is 16.9 Å². The highest BCUT2D eigenvalue weighted by Crippen LogP contribution is 2.31. The van der Waals surface area contributed by atoms with Crippen molar-refractivity contribution in [2.45, 2.75) is 19.1 Å². The molecular formula is C18H16F3N5O2. The maximum atomic E-state index is 12.8. The van der Waals surface area contributed by atoms with Gasteiger partial charge in [0.2, 0.25) is 11.7 Å². The Bertz CT molecular complexity index is 972. The standard InChI is InChI=1S/C18H16F3N5O2/c1-28-15-8-3-2-7-14(15)22-16(27)9-10-26-24-17(23-25-26)12-5-4-6-13(11-12)18(19,20)21/h2-8,11H,9-10H2,1H3,(H,22,27). The van der Waals surface area contributed by atoms with Gasteiger partial charge in [-0.1, -0.05) is 24.3 Å². The first kappa shape index (κ1) is 19.3. The number of alkyl halides is 3. The number of ether oxygens (including phenoxy) is 1. The molecule has 0 bridgehead atoms. The van der Waals surface area contributed by atoms with Crippen molar-refractivity contribution in [2.24, 2.45) is 0 Å². The van der Waals surface area contributed by atoms with Crippen LogP contribution >= 0.6 is 0 Å². The Kier molecular flexibility index (Phi) is 5.57. The van der Waals surface area contributed by atoms with Gasteiger partial charge in [0.1, 0.15) is 5.75 Å². The summed E-state index contributed by atoms with van der Waals surface area (Å²) in [6.07, 6.45) is -4.40. The second-order valence-electron chi connectivity index (χ2n) is 5.79. The van der Waals surface area contributed by atoms with E-state index in [-0.39, 0.29) is 30.3 Å². The van der Waals surface area contributed by atoms with Crippen LogP contribution in [0.3, 0.4) is 0 Å². The van der Waals surface area contributed by atoms with Gasteiger partial charge in [0.25, 0.3) is 0 Å². The fourth-order valence-electron chi connectivity index (χ4n) is 2.45. The summed E-state index contributed by atoms with van der Waals surface area (Å²) in [6, 6.07) is 11.6. The summed E-state index contributed by atoms with van der Waals surface area (Å²) < 4.78 is 43.6. The van der Waals surface area contributed by atoms with Crippen molar-refractivity contribution in [3.8, 4) is 17.1 Å². The lowest BCUT2D eigenvalue weighted by Gasteiger charge is -2.09. The van der Waals surface area contributed by atoms with Gasteiger partial charge in [-0.15, -0.1) is 10.2 Å². The number of hydrogen-bond acceptors (Lipinski definition) is 5. The lowest BCUT2D eigenvalue weighted by molar-refractivity contribution is -0.137. The molecule has 1 heterocycles. The fraction of sp³-hybridized carbons (Fsp3) is 0.222. The molecule has 0 saturated heterocycles. The number of nitrogens with one attached hydrogen (secondary N) is 1. The zero-order chi connectivity index (χ0) is 20.1. The van der Waals surface area contributed by atoms with Crippen molar-refractivity contribution < 1.29 is 22.7 Å². The molecule has 0 saturated carbocycles. The Balaban J connectivity index is 1.63. The summed E-state index contributed by atoms with van der Waals surface area (Å²) >= 11 is 0. The predicted octanol–water partition coefficient (Wildman–Crippen LogP) is 3.40. The van der Waals surface area contributed by atoms with Gasteiger partial charge in [-0.25, -0.2) is 0 Å². The minimum absolute atomic E-state index is 0.0520. The van der Waals surface area contributed by atoms with Crippen LogP contribution in [-0.4, -0.2) is 33.2 Å². The number of amides is 1. The van der Waals surface area contributed by atoms with E-state index in [1.165, 1.54) is 19.2 Å². The molecule has 0 radical (unpaired) electrons. The molecule has 2 aromatic carbocycles. The molecule has 1 N–H and O–H groups in total. The summed E-state index contributed by atoms with van der Waals surface area (Å²) in [5.41, 5.74) is -0.0664. The van der Waals surface area contributed by atoms with Crippen LogP contribution in [0.2, 0.25) is 0 Å². The van der Waals surface area contributed by atoms with Crippen molar-refractivity contribution in [2.75, 3.05) is 12.4 Å². The van der Waals surface area contributed by atoms with Crippen LogP contribution in [0.15, 0.2) is 48.5 Å². The second-order valence-corrected chi connectivity index (χ2v) is 5.79. The Labute approximate surface area is 158 Å². The van der Waals surface area contributed by atoms with E-state index >= 15 is 0 Å². The van der Waals surface area contributed by atoms with Gasteiger partial charge in [0, 0.05) is 12.0 Å². The third-order valence-electron chi connectivity index (χ3n) is 3.82. The minimum atomic E-state index is -4.46. The molecule has 0 aliphatic carbocycles. The highest BCUT2D eigenvalue weighted by atomic mass is 19.4. The maximum absolute atomic E-state index is 12.8. The van der Waals surface area contributed by atoms with E-state index in [1.807, 2.05) is 0 Å². The number of rotatable bonds is 6. The number of para-hydroxylation sites is 2. The van der Waals surface area contributed by atoms with Crippen LogP contribution < -0.4 is 10.1 Å². The molecule has 0 fully saturated rings. The van der Waals surface area contributed by atoms with Crippen LogP contribution in [0.5, 0.6) is 5.75 Å². The van der Waals surface area contributed by atoms with E-state index in [2.05, 4.69) is 20.7 Å². The van der Waals surface area contributed by atoms with Crippen LogP contribution in [0.25, 0.3) is 11.4 Å². The molecule has 0 aliphatic heterocycles. The van der Waals surface area contributed by atoms with Crippen molar-refractivity contribution in [1.29, 1.82) is 0 Å². The molecule has 7 nitrogen and oxygen atoms in total. The van der Waals surface area contributed by atoms with Crippen molar-refractivity contribution in [3.63, 3.8) is 0 Å². The van der Waals surface area contributed by atoms with Crippen molar-refractivity contribution >= 4 is 11.6 Å². The largest absolute Gasteiger partial charge is 0.495 e. The fourth-order valence-corrected chi connectivity index (χ4v) is 2.45. The lowest BCUT2D eigenvalue weighted by atomic mass is 10.1. The van der Waals surface area contributed by atoms with Gasteiger partial charge in [0.15, 0.2) is 0 Å². The Hall–Kier alpha value is -3.43. The van der Waals surface area contributed by atoms with Gasteiger partial charge < -0.3 is 10.1 Å². The third kappa shape index (κ3) is 4.64. The van der Waals surface area contributed by atoms with Gasteiger partial charge >= 0.3 is 6.18 Å². The molecule has 0 unspecified atom stereocenters. The van der Waals surface area contributed by atoms with Crippen LogP contribution in [0, 0.1) is 0 Å². The monoisotopic (exact) mass is 391 g/mol. The zero-order valence-corrected chi connectivity index (χ0v) is 14.8. The minimum Gasteiger partial charge on any atom is -0.495 e. The number of anilines is 1. The molecule has 1 aromatic heterocycles. The van der Waals surface area contributed by atoms with Crippen LogP contribution in [0.1, 0.15) is 12.0 Å². The second kappa shape index (κ2) is 8.07. The number of aromatic nitrogens is 4. The summed E-state index contributed by atoms with van der Waals surface area (Å²) in [4.78, 5) is 13.3. The molecule has 0 atom stereocenters. The average molecular weight is 391 g/mol. The number of methoxy groups -OCH3 is 1. The molecule has 3 aromatic rings. The maximum Gasteiger partial charge on any atom is 0.416 e. The normalized spacial score (nSPS) is 11.3. The summed E-state index contributed by atoms with van der Waals surface area (Å²) in [6.45, 7) is 0.118. The molecule has 146 valence electrons. The number of halogens is 3. The Morgan fingerprint density at radius 1 is 1.18 bits per heavy atom. The van der Waals surface area contributed by atoms with E-state index in [9.17, 15) is 18.0 Å². The van der Waals surface area contributed by atoms with E-state index in [1.54, 1.807) is 24.3 Å². The number of carbonyl (C=O) groups is 1. The van der Waals surface area contributed by atoms with Crippen LogP contribution in [0.4, 0.5) is 18.9 Å². The highest BCUT2D eigenvalue weighted by molar-refractivity contribution is 5.92. The molecule has 3 rings (SSSR count). The molecular weight excluding hydrogens is 375 g/mol. The molecule has 0 aliphatic rings. The Morgan fingerprint density at radius 2 is 1.96 bits per heavy atom. The van der Waals surface area contributed by atoms with E-state index in [4.69, 9.17) is 4.74 Å². The van der Waals surface area contributed by atoms with Crippen molar-refractivity contribution in [3.05, 3.63) is 54.1 Å². The first-order chi connectivity index (χ1) is 13.4. The SMILES string of the molecule is COc1ccccc1NC(=O)CCn1nnc(-c2cccc(C(F)(F)F)c2)n1. The number of nitrogens with zero attached hydrogens (tertiary/aromatic N) is 4. The summed E-state index contributed by atoms with van der Waals surface area (Å²) in [5, 5.41) is 14.3. The van der Waals surface area contributed by atoms with E-state index in [0.29, 0.717) is 11.4 Å². The third-order valence-corrected chi connectivity index (χ3v) is 3.82. The van der Waals surface area contributed by atoms with Gasteiger partial charge in [-0.2, -0.15) is 18.0 Å². The number of carbonyl (C=O) groups excluding carboxylic acids is 1. The average Bonchev–Trinajstić information content (AvgIpc) is 3.15. The summed E-state index contributed by atoms with van der Waals surface area (Å²) in [5.74, 6) is 0.292. The highest BCUT2D eigenvalue weighted by Gasteiger charge is 2.30.